The van der Waals surface area contributed by atoms with Gasteiger partial charge in [-0.25, -0.2) is 4.79 Å². The average Bonchev–Trinajstić information content (AvgIpc) is 2.82. The van der Waals surface area contributed by atoms with Crippen molar-refractivity contribution in [1.29, 1.82) is 0 Å². The van der Waals surface area contributed by atoms with E-state index in [1.165, 1.54) is 7.11 Å². The molecule has 1 aromatic rings. The van der Waals surface area contributed by atoms with E-state index in [1.54, 1.807) is 18.2 Å². The molecule has 0 aliphatic carbocycles. The lowest BCUT2D eigenvalue weighted by Gasteiger charge is -2.14. The molecule has 1 aliphatic heterocycles. The number of esters is 1. The number of benzene rings is 1. The zero-order valence-electron chi connectivity index (χ0n) is 9.23. The Kier molecular flexibility index (Phi) is 3.41. The lowest BCUT2D eigenvalue weighted by Crippen LogP contribution is -2.20. The first kappa shape index (κ1) is 11.0. The topological polar surface area (TPSA) is 47.6 Å². The highest BCUT2D eigenvalue weighted by atomic mass is 16.5. The molecule has 2 rings (SSSR count). The molecule has 0 spiro atoms. The van der Waals surface area contributed by atoms with Crippen LogP contribution in [0.4, 0.5) is 0 Å². The van der Waals surface area contributed by atoms with E-state index in [0.717, 1.165) is 19.5 Å². The third-order valence-corrected chi connectivity index (χ3v) is 2.60. The summed E-state index contributed by atoms with van der Waals surface area (Å²) in [6, 6.07) is 7.16. The maximum Gasteiger partial charge on any atom is 0.341 e. The van der Waals surface area contributed by atoms with Crippen molar-refractivity contribution in [3.8, 4) is 5.75 Å². The van der Waals surface area contributed by atoms with Crippen molar-refractivity contribution in [1.82, 2.24) is 5.32 Å². The quantitative estimate of drug-likeness (QED) is 0.779. The molecule has 16 heavy (non-hydrogen) atoms. The smallest absolute Gasteiger partial charge is 0.341 e. The van der Waals surface area contributed by atoms with Gasteiger partial charge in [-0.2, -0.15) is 0 Å². The molecule has 0 amide bonds. The summed E-state index contributed by atoms with van der Waals surface area (Å²) in [5, 5.41) is 3.21. The molecule has 4 heteroatoms. The maximum absolute atomic E-state index is 11.5. The lowest BCUT2D eigenvalue weighted by molar-refractivity contribution is 0.0593. The van der Waals surface area contributed by atoms with E-state index in [4.69, 9.17) is 9.47 Å². The van der Waals surface area contributed by atoms with Crippen LogP contribution < -0.4 is 10.1 Å². The Bertz CT molecular complexity index is 372. The summed E-state index contributed by atoms with van der Waals surface area (Å²) in [5.41, 5.74) is 0.483. The Hall–Kier alpha value is -1.55. The van der Waals surface area contributed by atoms with E-state index in [-0.39, 0.29) is 12.1 Å². The Labute approximate surface area is 94.6 Å². The van der Waals surface area contributed by atoms with Gasteiger partial charge in [0.2, 0.25) is 0 Å². The van der Waals surface area contributed by atoms with Crippen molar-refractivity contribution in [3.05, 3.63) is 29.8 Å². The molecular formula is C12H15NO3. The maximum atomic E-state index is 11.5. The van der Waals surface area contributed by atoms with Gasteiger partial charge in [0.1, 0.15) is 17.4 Å². The fourth-order valence-corrected chi connectivity index (χ4v) is 1.76. The molecule has 1 heterocycles. The number of carbonyl (C=O) groups excluding carboxylic acids is 1. The van der Waals surface area contributed by atoms with Crippen LogP contribution in [0.2, 0.25) is 0 Å². The van der Waals surface area contributed by atoms with Crippen LogP contribution in [0.5, 0.6) is 5.75 Å². The van der Waals surface area contributed by atoms with Gasteiger partial charge >= 0.3 is 5.97 Å². The van der Waals surface area contributed by atoms with Gasteiger partial charge < -0.3 is 14.8 Å². The van der Waals surface area contributed by atoms with Crippen LogP contribution in [0.25, 0.3) is 0 Å². The summed E-state index contributed by atoms with van der Waals surface area (Å²) in [7, 11) is 1.37. The third kappa shape index (κ3) is 2.33. The predicted molar refractivity (Wildman–Crippen MR) is 59.7 cm³/mol. The fourth-order valence-electron chi connectivity index (χ4n) is 1.76. The van der Waals surface area contributed by atoms with Crippen LogP contribution in [0.1, 0.15) is 16.8 Å². The zero-order valence-corrected chi connectivity index (χ0v) is 9.23. The van der Waals surface area contributed by atoms with E-state index in [1.807, 2.05) is 6.07 Å². The SMILES string of the molecule is COC(=O)c1ccccc1O[C@@H]1CCNC1. The second kappa shape index (κ2) is 4.99. The van der Waals surface area contributed by atoms with E-state index >= 15 is 0 Å². The molecule has 1 N–H and O–H groups in total. The Morgan fingerprint density at radius 2 is 2.25 bits per heavy atom. The van der Waals surface area contributed by atoms with Gasteiger partial charge in [0.15, 0.2) is 0 Å². The number of methoxy groups -OCH3 is 1. The first-order chi connectivity index (χ1) is 7.81. The van der Waals surface area contributed by atoms with Crippen LogP contribution in [-0.2, 0) is 4.74 Å². The van der Waals surface area contributed by atoms with Crippen molar-refractivity contribution in [3.63, 3.8) is 0 Å². The predicted octanol–water partition coefficient (Wildman–Crippen LogP) is 1.21. The highest BCUT2D eigenvalue weighted by molar-refractivity contribution is 5.92. The minimum absolute atomic E-state index is 0.144. The van der Waals surface area contributed by atoms with Gasteiger partial charge in [-0.15, -0.1) is 0 Å². The molecule has 4 nitrogen and oxygen atoms in total. The van der Waals surface area contributed by atoms with Gasteiger partial charge in [0.05, 0.1) is 7.11 Å². The molecule has 0 saturated carbocycles. The Morgan fingerprint density at radius 1 is 1.44 bits per heavy atom. The molecule has 1 atom stereocenters. The molecule has 1 aromatic carbocycles. The van der Waals surface area contributed by atoms with Crippen molar-refractivity contribution < 1.29 is 14.3 Å². The minimum Gasteiger partial charge on any atom is -0.488 e. The van der Waals surface area contributed by atoms with Gasteiger partial charge in [0, 0.05) is 6.54 Å². The van der Waals surface area contributed by atoms with E-state index in [9.17, 15) is 4.79 Å². The summed E-state index contributed by atoms with van der Waals surface area (Å²) in [6.45, 7) is 1.79. The summed E-state index contributed by atoms with van der Waals surface area (Å²) in [5.74, 6) is 0.240. The molecule has 1 fully saturated rings. The average molecular weight is 221 g/mol. The molecule has 0 bridgehead atoms. The molecule has 1 aliphatic rings. The van der Waals surface area contributed by atoms with Crippen molar-refractivity contribution in [2.75, 3.05) is 20.2 Å². The van der Waals surface area contributed by atoms with Crippen molar-refractivity contribution in [2.45, 2.75) is 12.5 Å². The van der Waals surface area contributed by atoms with Gasteiger partial charge in [-0.05, 0) is 25.1 Å². The minimum atomic E-state index is -0.360. The highest BCUT2D eigenvalue weighted by Gasteiger charge is 2.19. The van der Waals surface area contributed by atoms with Crippen LogP contribution >= 0.6 is 0 Å². The van der Waals surface area contributed by atoms with Crippen molar-refractivity contribution >= 4 is 5.97 Å². The number of para-hydroxylation sites is 1. The molecule has 86 valence electrons. The molecule has 1 saturated heterocycles. The lowest BCUT2D eigenvalue weighted by atomic mass is 10.2. The van der Waals surface area contributed by atoms with Crippen LogP contribution in [0.15, 0.2) is 24.3 Å². The first-order valence-electron chi connectivity index (χ1n) is 5.36. The van der Waals surface area contributed by atoms with Crippen LogP contribution in [0.3, 0.4) is 0 Å². The van der Waals surface area contributed by atoms with E-state index in [2.05, 4.69) is 5.32 Å². The zero-order chi connectivity index (χ0) is 11.4. The summed E-state index contributed by atoms with van der Waals surface area (Å²) in [4.78, 5) is 11.5. The number of nitrogens with one attached hydrogen (secondary N) is 1. The molecule has 0 aromatic heterocycles. The number of ether oxygens (including phenoxy) is 2. The monoisotopic (exact) mass is 221 g/mol. The normalized spacial score (nSPS) is 19.4. The number of hydrogen-bond acceptors (Lipinski definition) is 4. The van der Waals surface area contributed by atoms with E-state index < -0.39 is 0 Å². The molecular weight excluding hydrogens is 206 g/mol. The standard InChI is InChI=1S/C12H15NO3/c1-15-12(14)10-4-2-3-5-11(10)16-9-6-7-13-8-9/h2-5,9,13H,6-8H2,1H3/t9-/m1/s1. The summed E-state index contributed by atoms with van der Waals surface area (Å²) >= 11 is 0. The Morgan fingerprint density at radius 3 is 2.94 bits per heavy atom. The largest absolute Gasteiger partial charge is 0.488 e. The first-order valence-corrected chi connectivity index (χ1v) is 5.36. The second-order valence-electron chi connectivity index (χ2n) is 3.72. The summed E-state index contributed by atoms with van der Waals surface area (Å²) in [6.07, 6.45) is 1.11. The molecule has 0 unspecified atom stereocenters. The molecule has 0 radical (unpaired) electrons. The summed E-state index contributed by atoms with van der Waals surface area (Å²) < 4.78 is 10.5. The van der Waals surface area contributed by atoms with Crippen molar-refractivity contribution in [2.24, 2.45) is 0 Å². The third-order valence-electron chi connectivity index (χ3n) is 2.60. The second-order valence-corrected chi connectivity index (χ2v) is 3.72. The fraction of sp³-hybridized carbons (Fsp3) is 0.417. The number of rotatable bonds is 3. The van der Waals surface area contributed by atoms with Gasteiger partial charge in [-0.3, -0.25) is 0 Å². The van der Waals surface area contributed by atoms with E-state index in [0.29, 0.717) is 11.3 Å². The number of hydrogen-bond donors (Lipinski definition) is 1. The van der Waals surface area contributed by atoms with Gasteiger partial charge in [-0.1, -0.05) is 12.1 Å². The number of carbonyl (C=O) groups is 1. The van der Waals surface area contributed by atoms with Gasteiger partial charge in [0.25, 0.3) is 0 Å². The van der Waals surface area contributed by atoms with Crippen LogP contribution in [-0.4, -0.2) is 32.3 Å². The Balaban J connectivity index is 2.15. The highest BCUT2D eigenvalue weighted by Crippen LogP contribution is 2.21. The van der Waals surface area contributed by atoms with Crippen LogP contribution in [0, 0.1) is 0 Å².